The largest absolute Gasteiger partial charge is 0.497 e. The molecule has 7 nitrogen and oxygen atoms in total. The summed E-state index contributed by atoms with van der Waals surface area (Å²) in [6, 6.07) is 5.78. The molecular weight excluding hydrogens is 326 g/mol. The fraction of sp³-hybridized carbons (Fsp3) is 0.250. The fourth-order valence-corrected chi connectivity index (χ4v) is 2.99. The maximum atomic E-state index is 11.6. The van der Waals surface area contributed by atoms with Crippen LogP contribution in [-0.4, -0.2) is 45.1 Å². The second-order valence-corrected chi connectivity index (χ2v) is 6.03. The number of methoxy groups -OCH3 is 1. The van der Waals surface area contributed by atoms with E-state index in [9.17, 15) is 4.79 Å². The highest BCUT2D eigenvalue weighted by molar-refractivity contribution is 7.99. The van der Waals surface area contributed by atoms with Crippen LogP contribution in [0.4, 0.5) is 0 Å². The standard InChI is InChI=1S/C16H17N5O2S/c1-4-7-17-13(22)9-24-16-18-15-14(19-20-16)11-8-10(23-3)5-6-12(11)21(15)2/h4-6,8H,1,7,9H2,2-3H3,(H,17,22). The van der Waals surface area contributed by atoms with Crippen LogP contribution in [0.25, 0.3) is 22.1 Å². The lowest BCUT2D eigenvalue weighted by atomic mass is 10.2. The summed E-state index contributed by atoms with van der Waals surface area (Å²) in [5, 5.41) is 12.5. The molecule has 1 amide bonds. The summed E-state index contributed by atoms with van der Waals surface area (Å²) in [6.45, 7) is 4.01. The Morgan fingerprint density at radius 1 is 1.46 bits per heavy atom. The molecule has 0 aliphatic rings. The molecule has 0 radical (unpaired) electrons. The lowest BCUT2D eigenvalue weighted by molar-refractivity contribution is -0.118. The van der Waals surface area contributed by atoms with Gasteiger partial charge in [0.1, 0.15) is 11.3 Å². The van der Waals surface area contributed by atoms with E-state index in [1.54, 1.807) is 13.2 Å². The van der Waals surface area contributed by atoms with Gasteiger partial charge < -0.3 is 14.6 Å². The number of amides is 1. The molecule has 0 saturated carbocycles. The van der Waals surface area contributed by atoms with Crippen LogP contribution in [0.2, 0.25) is 0 Å². The molecule has 0 aliphatic carbocycles. The first-order valence-electron chi connectivity index (χ1n) is 7.31. The number of hydrogen-bond acceptors (Lipinski definition) is 6. The summed E-state index contributed by atoms with van der Waals surface area (Å²) >= 11 is 1.25. The SMILES string of the molecule is C=CCNC(=O)CSc1nnc2c3cc(OC)ccc3n(C)c2n1. The Hall–Kier alpha value is -2.61. The van der Waals surface area contributed by atoms with Crippen LogP contribution in [0.15, 0.2) is 36.0 Å². The summed E-state index contributed by atoms with van der Waals surface area (Å²) < 4.78 is 7.23. The van der Waals surface area contributed by atoms with Gasteiger partial charge in [0, 0.05) is 19.0 Å². The van der Waals surface area contributed by atoms with Crippen LogP contribution in [0.3, 0.4) is 0 Å². The number of nitrogens with zero attached hydrogens (tertiary/aromatic N) is 4. The number of carbonyl (C=O) groups is 1. The first-order chi connectivity index (χ1) is 11.6. The van der Waals surface area contributed by atoms with Crippen LogP contribution in [0.1, 0.15) is 0 Å². The van der Waals surface area contributed by atoms with E-state index in [0.717, 1.165) is 22.3 Å². The molecule has 0 saturated heterocycles. The monoisotopic (exact) mass is 343 g/mol. The van der Waals surface area contributed by atoms with Crippen molar-refractivity contribution in [1.82, 2.24) is 25.1 Å². The summed E-state index contributed by atoms with van der Waals surface area (Å²) in [5.74, 6) is 0.901. The predicted octanol–water partition coefficient (Wildman–Crippen LogP) is 1.92. The molecule has 0 fully saturated rings. The van der Waals surface area contributed by atoms with Crippen LogP contribution in [-0.2, 0) is 11.8 Å². The van der Waals surface area contributed by atoms with Crippen molar-refractivity contribution < 1.29 is 9.53 Å². The number of benzene rings is 1. The number of fused-ring (bicyclic) bond motifs is 3. The molecule has 124 valence electrons. The molecule has 2 heterocycles. The summed E-state index contributed by atoms with van der Waals surface area (Å²) in [6.07, 6.45) is 1.64. The van der Waals surface area contributed by atoms with Gasteiger partial charge >= 0.3 is 0 Å². The number of thioether (sulfide) groups is 1. The third kappa shape index (κ3) is 3.05. The van der Waals surface area contributed by atoms with E-state index in [1.165, 1.54) is 11.8 Å². The van der Waals surface area contributed by atoms with E-state index in [0.29, 0.717) is 17.2 Å². The summed E-state index contributed by atoms with van der Waals surface area (Å²) in [4.78, 5) is 16.2. The Morgan fingerprint density at radius 3 is 3.04 bits per heavy atom. The summed E-state index contributed by atoms with van der Waals surface area (Å²) in [5.41, 5.74) is 2.44. The van der Waals surface area contributed by atoms with Gasteiger partial charge in [-0.3, -0.25) is 4.79 Å². The molecular formula is C16H17N5O2S. The van der Waals surface area contributed by atoms with Crippen molar-refractivity contribution in [2.24, 2.45) is 7.05 Å². The molecule has 0 atom stereocenters. The third-order valence-electron chi connectivity index (χ3n) is 3.56. The second-order valence-electron chi connectivity index (χ2n) is 5.09. The average molecular weight is 343 g/mol. The van der Waals surface area contributed by atoms with Crippen molar-refractivity contribution in [3.05, 3.63) is 30.9 Å². The van der Waals surface area contributed by atoms with Gasteiger partial charge in [-0.25, -0.2) is 4.98 Å². The normalized spacial score (nSPS) is 10.9. The molecule has 0 unspecified atom stereocenters. The Kier molecular flexibility index (Phi) is 4.66. The van der Waals surface area contributed by atoms with Crippen molar-refractivity contribution >= 4 is 39.7 Å². The minimum atomic E-state index is -0.0922. The molecule has 2 aromatic heterocycles. The maximum Gasteiger partial charge on any atom is 0.230 e. The van der Waals surface area contributed by atoms with Gasteiger partial charge in [0.25, 0.3) is 0 Å². The van der Waals surface area contributed by atoms with E-state index in [4.69, 9.17) is 4.74 Å². The number of hydrogen-bond donors (Lipinski definition) is 1. The van der Waals surface area contributed by atoms with Crippen LogP contribution in [0, 0.1) is 0 Å². The number of rotatable bonds is 6. The molecule has 1 aromatic carbocycles. The number of ether oxygens (including phenoxy) is 1. The lowest BCUT2D eigenvalue weighted by Crippen LogP contribution is -2.25. The van der Waals surface area contributed by atoms with Gasteiger partial charge in [-0.2, -0.15) is 0 Å². The summed E-state index contributed by atoms with van der Waals surface area (Å²) in [7, 11) is 3.56. The van der Waals surface area contributed by atoms with Gasteiger partial charge in [-0.05, 0) is 18.2 Å². The molecule has 24 heavy (non-hydrogen) atoms. The van der Waals surface area contributed by atoms with Crippen molar-refractivity contribution in [3.8, 4) is 5.75 Å². The molecule has 8 heteroatoms. The molecule has 0 spiro atoms. The van der Waals surface area contributed by atoms with Gasteiger partial charge in [0.15, 0.2) is 5.65 Å². The molecule has 0 aliphatic heterocycles. The molecule has 3 aromatic rings. The Morgan fingerprint density at radius 2 is 2.29 bits per heavy atom. The first kappa shape index (κ1) is 16.3. The van der Waals surface area contributed by atoms with Gasteiger partial charge in [0.2, 0.25) is 11.1 Å². The Labute approximate surface area is 143 Å². The molecule has 3 rings (SSSR count). The zero-order valence-corrected chi connectivity index (χ0v) is 14.3. The number of carbonyl (C=O) groups excluding carboxylic acids is 1. The molecule has 0 bridgehead atoms. The van der Waals surface area contributed by atoms with E-state index < -0.39 is 0 Å². The van der Waals surface area contributed by atoms with Crippen molar-refractivity contribution in [1.29, 1.82) is 0 Å². The van der Waals surface area contributed by atoms with Gasteiger partial charge in [-0.15, -0.1) is 16.8 Å². The second kappa shape index (κ2) is 6.88. The number of aryl methyl sites for hydroxylation is 1. The highest BCUT2D eigenvalue weighted by Crippen LogP contribution is 2.29. The van der Waals surface area contributed by atoms with E-state index >= 15 is 0 Å². The molecule has 1 N–H and O–H groups in total. The van der Waals surface area contributed by atoms with Crippen molar-refractivity contribution in [2.75, 3.05) is 19.4 Å². The number of aromatic nitrogens is 4. The number of nitrogens with one attached hydrogen (secondary N) is 1. The van der Waals surface area contributed by atoms with Gasteiger partial charge in [-0.1, -0.05) is 17.8 Å². The van der Waals surface area contributed by atoms with E-state index in [2.05, 4.69) is 27.1 Å². The quantitative estimate of drug-likeness (QED) is 0.544. The third-order valence-corrected chi connectivity index (χ3v) is 4.40. The van der Waals surface area contributed by atoms with Crippen LogP contribution in [0.5, 0.6) is 5.75 Å². The zero-order chi connectivity index (χ0) is 17.1. The van der Waals surface area contributed by atoms with Crippen LogP contribution < -0.4 is 10.1 Å². The van der Waals surface area contributed by atoms with Gasteiger partial charge in [0.05, 0.1) is 18.4 Å². The maximum absolute atomic E-state index is 11.6. The van der Waals surface area contributed by atoms with E-state index in [1.807, 2.05) is 29.8 Å². The Balaban J connectivity index is 1.91. The Bertz CT molecular complexity index is 922. The van der Waals surface area contributed by atoms with Crippen molar-refractivity contribution in [2.45, 2.75) is 5.16 Å². The zero-order valence-electron chi connectivity index (χ0n) is 13.4. The highest BCUT2D eigenvalue weighted by Gasteiger charge is 2.14. The lowest BCUT2D eigenvalue weighted by Gasteiger charge is -2.01. The smallest absolute Gasteiger partial charge is 0.230 e. The highest BCUT2D eigenvalue weighted by atomic mass is 32.2. The average Bonchev–Trinajstić information content (AvgIpc) is 2.89. The van der Waals surface area contributed by atoms with E-state index in [-0.39, 0.29) is 11.7 Å². The first-order valence-corrected chi connectivity index (χ1v) is 8.30. The minimum absolute atomic E-state index is 0.0922. The van der Waals surface area contributed by atoms with Crippen LogP contribution >= 0.6 is 11.8 Å². The minimum Gasteiger partial charge on any atom is -0.497 e. The topological polar surface area (TPSA) is 81.9 Å². The van der Waals surface area contributed by atoms with Crippen molar-refractivity contribution in [3.63, 3.8) is 0 Å². The predicted molar refractivity (Wildman–Crippen MR) is 94.3 cm³/mol. The fourth-order valence-electron chi connectivity index (χ4n) is 2.38.